The molecule has 17 heavy (non-hydrogen) atoms. The topological polar surface area (TPSA) is 20.2 Å². The van der Waals surface area contributed by atoms with Crippen LogP contribution in [-0.2, 0) is 0 Å². The quantitative estimate of drug-likeness (QED) is 0.602. The minimum Gasteiger partial charge on any atom is -0.508 e. The molecule has 1 aromatic carbocycles. The van der Waals surface area contributed by atoms with Crippen LogP contribution >= 0.6 is 15.9 Å². The highest BCUT2D eigenvalue weighted by Crippen LogP contribution is 2.25. The summed E-state index contributed by atoms with van der Waals surface area (Å²) in [5, 5.41) is 9.43. The molecule has 88 valence electrons. The van der Waals surface area contributed by atoms with Gasteiger partial charge in [0.1, 0.15) is 5.76 Å². The van der Waals surface area contributed by atoms with Gasteiger partial charge in [-0.05, 0) is 36.3 Å². The Morgan fingerprint density at radius 2 is 1.94 bits per heavy atom. The van der Waals surface area contributed by atoms with E-state index in [1.807, 2.05) is 43.4 Å². The van der Waals surface area contributed by atoms with E-state index in [9.17, 15) is 5.11 Å². The summed E-state index contributed by atoms with van der Waals surface area (Å²) in [6, 6.07) is 5.72. The van der Waals surface area contributed by atoms with Gasteiger partial charge in [0.15, 0.2) is 0 Å². The average Bonchev–Trinajstić information content (AvgIpc) is 2.29. The first-order chi connectivity index (χ1) is 8.08. The maximum atomic E-state index is 9.43. The van der Waals surface area contributed by atoms with Gasteiger partial charge in [0.05, 0.1) is 0 Å². The zero-order valence-corrected chi connectivity index (χ0v) is 11.4. The lowest BCUT2D eigenvalue weighted by Gasteiger charge is -2.06. The predicted octanol–water partition coefficient (Wildman–Crippen LogP) is 5.12. The summed E-state index contributed by atoms with van der Waals surface area (Å²) < 4.78 is 0.909. The fourth-order valence-corrected chi connectivity index (χ4v) is 1.95. The lowest BCUT2D eigenvalue weighted by molar-refractivity contribution is 0.514. The lowest BCUT2D eigenvalue weighted by atomic mass is 10.0. The molecule has 1 rings (SSSR count). The van der Waals surface area contributed by atoms with E-state index in [2.05, 4.69) is 29.1 Å². The maximum Gasteiger partial charge on any atom is 0.115 e. The molecule has 0 aliphatic heterocycles. The second kappa shape index (κ2) is 6.26. The Balaban J connectivity index is 3.25. The van der Waals surface area contributed by atoms with Crippen LogP contribution in [0.5, 0.6) is 0 Å². The molecule has 0 amide bonds. The molecular weight excluding hydrogens is 276 g/mol. The van der Waals surface area contributed by atoms with Gasteiger partial charge in [-0.2, -0.15) is 0 Å². The number of aliphatic hydroxyl groups is 1. The minimum absolute atomic E-state index is 0.0655. The summed E-state index contributed by atoms with van der Waals surface area (Å²) >= 11 is 3.42. The van der Waals surface area contributed by atoms with Crippen LogP contribution in [0.15, 0.2) is 60.1 Å². The van der Waals surface area contributed by atoms with Crippen LogP contribution in [0, 0.1) is 0 Å². The van der Waals surface area contributed by atoms with E-state index in [1.54, 1.807) is 6.08 Å². The molecule has 0 saturated carbocycles. The van der Waals surface area contributed by atoms with Crippen molar-refractivity contribution in [2.45, 2.75) is 6.92 Å². The van der Waals surface area contributed by atoms with Crippen molar-refractivity contribution in [1.82, 2.24) is 0 Å². The molecule has 1 N–H and O–H groups in total. The van der Waals surface area contributed by atoms with Gasteiger partial charge in [-0.15, -0.1) is 0 Å². The van der Waals surface area contributed by atoms with Crippen molar-refractivity contribution in [2.24, 2.45) is 0 Å². The van der Waals surface area contributed by atoms with E-state index < -0.39 is 0 Å². The van der Waals surface area contributed by atoms with Crippen LogP contribution in [0.25, 0.3) is 11.3 Å². The number of benzene rings is 1. The van der Waals surface area contributed by atoms with Crippen LogP contribution in [0.4, 0.5) is 0 Å². The Kier molecular flexibility index (Phi) is 4.98. The fraction of sp³-hybridized carbons (Fsp3) is 0.0667. The van der Waals surface area contributed by atoms with Gasteiger partial charge in [-0.3, -0.25) is 0 Å². The molecule has 0 radical (unpaired) electrons. The first-order valence-electron chi connectivity index (χ1n) is 5.23. The van der Waals surface area contributed by atoms with Gasteiger partial charge in [0, 0.05) is 10.0 Å². The normalized spacial score (nSPS) is 11.8. The van der Waals surface area contributed by atoms with Gasteiger partial charge >= 0.3 is 0 Å². The molecule has 1 nitrogen and oxygen atoms in total. The molecular formula is C15H15BrO. The molecule has 0 bridgehead atoms. The molecule has 0 aromatic heterocycles. The third-order valence-corrected chi connectivity index (χ3v) is 2.75. The summed E-state index contributed by atoms with van der Waals surface area (Å²) in [6.45, 7) is 9.15. The largest absolute Gasteiger partial charge is 0.508 e. The highest BCUT2D eigenvalue weighted by Gasteiger charge is 2.03. The number of hydrogen-bond donors (Lipinski definition) is 1. The minimum atomic E-state index is 0.0655. The molecule has 0 spiro atoms. The smallest absolute Gasteiger partial charge is 0.115 e. The van der Waals surface area contributed by atoms with Crippen LogP contribution < -0.4 is 0 Å². The van der Waals surface area contributed by atoms with E-state index in [0.29, 0.717) is 5.56 Å². The summed E-state index contributed by atoms with van der Waals surface area (Å²) in [5.41, 5.74) is 2.79. The van der Waals surface area contributed by atoms with Crippen molar-refractivity contribution in [3.8, 4) is 0 Å². The number of rotatable bonds is 4. The average molecular weight is 291 g/mol. The van der Waals surface area contributed by atoms with Crippen molar-refractivity contribution in [1.29, 1.82) is 0 Å². The van der Waals surface area contributed by atoms with E-state index in [1.165, 1.54) is 0 Å². The molecule has 0 fully saturated rings. The van der Waals surface area contributed by atoms with Gasteiger partial charge in [-0.1, -0.05) is 53.4 Å². The van der Waals surface area contributed by atoms with Crippen molar-refractivity contribution >= 4 is 27.3 Å². The van der Waals surface area contributed by atoms with E-state index >= 15 is 0 Å². The van der Waals surface area contributed by atoms with E-state index in [0.717, 1.165) is 15.6 Å². The highest BCUT2D eigenvalue weighted by atomic mass is 79.9. The fourth-order valence-electron chi connectivity index (χ4n) is 1.45. The Morgan fingerprint density at radius 1 is 1.29 bits per heavy atom. The summed E-state index contributed by atoms with van der Waals surface area (Å²) in [6.07, 6.45) is 7.58. The number of hydrogen-bond acceptors (Lipinski definition) is 1. The van der Waals surface area contributed by atoms with E-state index in [4.69, 9.17) is 0 Å². The molecule has 0 heterocycles. The van der Waals surface area contributed by atoms with Crippen molar-refractivity contribution < 1.29 is 5.11 Å². The van der Waals surface area contributed by atoms with Crippen molar-refractivity contribution in [3.63, 3.8) is 0 Å². The molecule has 0 atom stereocenters. The number of aliphatic hydroxyl groups excluding tert-OH is 1. The van der Waals surface area contributed by atoms with Gasteiger partial charge in [-0.25, -0.2) is 0 Å². The first-order valence-corrected chi connectivity index (χ1v) is 6.02. The monoisotopic (exact) mass is 290 g/mol. The summed E-state index contributed by atoms with van der Waals surface area (Å²) in [5.74, 6) is 0.0655. The molecule has 1 aromatic rings. The molecule has 0 saturated heterocycles. The SMILES string of the molecule is C=C/C=C\C(=C/C)c1cc(Br)cc(C(=C)O)c1. The first kappa shape index (κ1) is 13.5. The third kappa shape index (κ3) is 3.75. The highest BCUT2D eigenvalue weighted by molar-refractivity contribution is 9.10. The van der Waals surface area contributed by atoms with Gasteiger partial charge in [0.25, 0.3) is 0 Å². The number of halogens is 1. The Hall–Kier alpha value is -1.54. The Labute approximate surface area is 111 Å². The van der Waals surface area contributed by atoms with Gasteiger partial charge in [0.2, 0.25) is 0 Å². The predicted molar refractivity (Wildman–Crippen MR) is 78.8 cm³/mol. The molecule has 0 aliphatic rings. The van der Waals surface area contributed by atoms with E-state index in [-0.39, 0.29) is 5.76 Å². The second-order valence-corrected chi connectivity index (χ2v) is 4.43. The van der Waals surface area contributed by atoms with Crippen LogP contribution in [0.2, 0.25) is 0 Å². The second-order valence-electron chi connectivity index (χ2n) is 3.51. The lowest BCUT2D eigenvalue weighted by Crippen LogP contribution is -1.87. The summed E-state index contributed by atoms with van der Waals surface area (Å²) in [7, 11) is 0. The van der Waals surface area contributed by atoms with Crippen molar-refractivity contribution in [2.75, 3.05) is 0 Å². The Morgan fingerprint density at radius 3 is 2.47 bits per heavy atom. The zero-order chi connectivity index (χ0) is 12.8. The van der Waals surface area contributed by atoms with Gasteiger partial charge < -0.3 is 5.11 Å². The van der Waals surface area contributed by atoms with Crippen LogP contribution in [-0.4, -0.2) is 5.11 Å². The number of allylic oxidation sites excluding steroid dienone is 5. The van der Waals surface area contributed by atoms with Crippen LogP contribution in [0.3, 0.4) is 0 Å². The molecule has 0 unspecified atom stereocenters. The molecule has 2 heteroatoms. The van der Waals surface area contributed by atoms with Crippen molar-refractivity contribution in [3.05, 3.63) is 71.3 Å². The maximum absolute atomic E-state index is 9.43. The zero-order valence-electron chi connectivity index (χ0n) is 9.78. The van der Waals surface area contributed by atoms with Crippen LogP contribution in [0.1, 0.15) is 18.1 Å². The molecule has 0 aliphatic carbocycles. The third-order valence-electron chi connectivity index (χ3n) is 2.29. The summed E-state index contributed by atoms with van der Waals surface area (Å²) in [4.78, 5) is 0. The Bertz CT molecular complexity index is 496. The standard InChI is InChI=1S/C15H15BrO/c1-4-6-7-12(5-2)14-8-13(11(3)17)9-15(16)10-14/h4-10,17H,1,3H2,2H3/b7-6-,12-5+.